The lowest BCUT2D eigenvalue weighted by atomic mass is 10.0. The lowest BCUT2D eigenvalue weighted by molar-refractivity contribution is 0.0938. The van der Waals surface area contributed by atoms with Crippen molar-refractivity contribution in [2.75, 3.05) is 13.1 Å². The van der Waals surface area contributed by atoms with Gasteiger partial charge in [-0.1, -0.05) is 30.7 Å². The number of Topliss-reactive ketones (excluding diaryl/α,β-unsaturated/α-hetero) is 1. The van der Waals surface area contributed by atoms with E-state index >= 15 is 0 Å². The van der Waals surface area contributed by atoms with Crippen LogP contribution in [0.3, 0.4) is 0 Å². The van der Waals surface area contributed by atoms with Crippen molar-refractivity contribution in [2.45, 2.75) is 31.7 Å². The highest BCUT2D eigenvalue weighted by molar-refractivity contribution is 6.01. The minimum atomic E-state index is 0.325. The van der Waals surface area contributed by atoms with Gasteiger partial charge in [-0.25, -0.2) is 0 Å². The fraction of sp³-hybridized carbons (Fsp3) is 0.500. The van der Waals surface area contributed by atoms with Gasteiger partial charge in [-0.2, -0.15) is 0 Å². The van der Waals surface area contributed by atoms with E-state index < -0.39 is 0 Å². The molecule has 2 heteroatoms. The quantitative estimate of drug-likeness (QED) is 0.718. The summed E-state index contributed by atoms with van der Waals surface area (Å²) >= 11 is 0. The number of fused-ring (bicyclic) bond motifs is 1. The van der Waals surface area contributed by atoms with Crippen molar-refractivity contribution in [2.24, 2.45) is 0 Å². The molecule has 1 heterocycles. The van der Waals surface area contributed by atoms with Gasteiger partial charge < -0.3 is 0 Å². The normalized spacial score (nSPS) is 25.8. The monoisotopic (exact) mass is 215 g/mol. The third-order valence-corrected chi connectivity index (χ3v) is 3.83. The lowest BCUT2D eigenvalue weighted by Crippen LogP contribution is -2.32. The van der Waals surface area contributed by atoms with Crippen LogP contribution in [0, 0.1) is 0 Å². The van der Waals surface area contributed by atoms with Gasteiger partial charge in [0.1, 0.15) is 0 Å². The van der Waals surface area contributed by atoms with Crippen molar-refractivity contribution in [1.29, 1.82) is 0 Å². The first-order valence-corrected chi connectivity index (χ1v) is 6.22. The molecule has 2 aliphatic rings. The van der Waals surface area contributed by atoms with E-state index in [9.17, 15) is 4.79 Å². The Balaban J connectivity index is 1.90. The molecule has 84 valence electrons. The van der Waals surface area contributed by atoms with Crippen LogP contribution in [0.4, 0.5) is 0 Å². The Labute approximate surface area is 96.3 Å². The van der Waals surface area contributed by atoms with E-state index in [4.69, 9.17) is 0 Å². The zero-order valence-electron chi connectivity index (χ0n) is 9.48. The second-order valence-electron chi connectivity index (χ2n) is 4.83. The Morgan fingerprint density at radius 3 is 2.62 bits per heavy atom. The predicted octanol–water partition coefficient (Wildman–Crippen LogP) is 2.80. The molecule has 2 nitrogen and oxygen atoms in total. The number of nitrogens with zero attached hydrogens (tertiary/aromatic N) is 1. The SMILES string of the molecule is O=C1CC(N2CCCCC2)c2ccccc21. The minimum absolute atomic E-state index is 0.325. The van der Waals surface area contributed by atoms with Crippen molar-refractivity contribution in [3.8, 4) is 0 Å². The van der Waals surface area contributed by atoms with Crippen LogP contribution in [-0.2, 0) is 0 Å². The fourth-order valence-electron chi connectivity index (χ4n) is 2.99. The lowest BCUT2D eigenvalue weighted by Gasteiger charge is -2.32. The zero-order chi connectivity index (χ0) is 11.0. The smallest absolute Gasteiger partial charge is 0.165 e. The van der Waals surface area contributed by atoms with E-state index in [2.05, 4.69) is 11.0 Å². The molecule has 0 aromatic heterocycles. The first-order chi connectivity index (χ1) is 7.86. The number of hydrogen-bond donors (Lipinski definition) is 0. The van der Waals surface area contributed by atoms with Crippen LogP contribution in [0.1, 0.15) is 47.6 Å². The molecule has 0 radical (unpaired) electrons. The molecule has 3 rings (SSSR count). The number of carbonyl (C=O) groups is 1. The predicted molar refractivity (Wildman–Crippen MR) is 63.6 cm³/mol. The standard InChI is InChI=1S/C14H17NO/c16-14-10-13(15-8-4-1-5-9-15)11-6-2-3-7-12(11)14/h2-3,6-7,13H,1,4-5,8-10H2. The van der Waals surface area contributed by atoms with Gasteiger partial charge in [-0.3, -0.25) is 9.69 Å². The van der Waals surface area contributed by atoms with Crippen molar-refractivity contribution in [3.05, 3.63) is 35.4 Å². The molecule has 16 heavy (non-hydrogen) atoms. The van der Waals surface area contributed by atoms with Crippen LogP contribution >= 0.6 is 0 Å². The van der Waals surface area contributed by atoms with E-state index in [-0.39, 0.29) is 0 Å². The highest BCUT2D eigenvalue weighted by atomic mass is 16.1. The van der Waals surface area contributed by atoms with Gasteiger partial charge in [-0.05, 0) is 31.5 Å². The summed E-state index contributed by atoms with van der Waals surface area (Å²) < 4.78 is 0. The first-order valence-electron chi connectivity index (χ1n) is 6.22. The molecule has 1 aromatic rings. The number of carbonyl (C=O) groups excluding carboxylic acids is 1. The first kappa shape index (κ1) is 10.0. The van der Waals surface area contributed by atoms with Gasteiger partial charge in [0, 0.05) is 18.0 Å². The third-order valence-electron chi connectivity index (χ3n) is 3.83. The van der Waals surface area contributed by atoms with E-state index in [0.29, 0.717) is 18.2 Å². The highest BCUT2D eigenvalue weighted by Gasteiger charge is 2.33. The number of hydrogen-bond acceptors (Lipinski definition) is 2. The Morgan fingerprint density at radius 2 is 1.81 bits per heavy atom. The molecule has 1 unspecified atom stereocenters. The summed E-state index contributed by atoms with van der Waals surface area (Å²) in [5, 5.41) is 0. The molecule has 1 aliphatic carbocycles. The summed E-state index contributed by atoms with van der Waals surface area (Å²) in [6.07, 6.45) is 4.61. The molecule has 1 aliphatic heterocycles. The molecule has 0 amide bonds. The van der Waals surface area contributed by atoms with Gasteiger partial charge in [-0.15, -0.1) is 0 Å². The topological polar surface area (TPSA) is 20.3 Å². The summed E-state index contributed by atoms with van der Waals surface area (Å²) in [6.45, 7) is 2.32. The van der Waals surface area contributed by atoms with Crippen LogP contribution in [-0.4, -0.2) is 23.8 Å². The van der Waals surface area contributed by atoms with Gasteiger partial charge in [0.05, 0.1) is 0 Å². The Bertz CT molecular complexity index is 407. The molecular weight excluding hydrogens is 198 g/mol. The molecule has 0 spiro atoms. The Hall–Kier alpha value is -1.15. The second kappa shape index (κ2) is 4.02. The maximum absolute atomic E-state index is 11.9. The van der Waals surface area contributed by atoms with Crippen LogP contribution in [0.2, 0.25) is 0 Å². The maximum atomic E-state index is 11.9. The third kappa shape index (κ3) is 1.57. The number of ketones is 1. The molecule has 0 bridgehead atoms. The summed E-state index contributed by atoms with van der Waals surface area (Å²) in [5.74, 6) is 0.325. The van der Waals surface area contributed by atoms with Crippen molar-refractivity contribution in [1.82, 2.24) is 4.90 Å². The molecule has 0 N–H and O–H groups in total. The van der Waals surface area contributed by atoms with Gasteiger partial charge in [0.25, 0.3) is 0 Å². The fourth-order valence-corrected chi connectivity index (χ4v) is 2.99. The molecule has 1 aromatic carbocycles. The second-order valence-corrected chi connectivity index (χ2v) is 4.83. The summed E-state index contributed by atoms with van der Waals surface area (Å²) in [7, 11) is 0. The van der Waals surface area contributed by atoms with Crippen molar-refractivity contribution >= 4 is 5.78 Å². The Kier molecular flexibility index (Phi) is 2.52. The number of likely N-dealkylation sites (tertiary alicyclic amines) is 1. The minimum Gasteiger partial charge on any atom is -0.296 e. The molecule has 0 saturated carbocycles. The van der Waals surface area contributed by atoms with E-state index in [1.54, 1.807) is 0 Å². The van der Waals surface area contributed by atoms with Crippen LogP contribution in [0.15, 0.2) is 24.3 Å². The number of piperidine rings is 1. The van der Waals surface area contributed by atoms with Crippen LogP contribution < -0.4 is 0 Å². The largest absolute Gasteiger partial charge is 0.296 e. The zero-order valence-corrected chi connectivity index (χ0v) is 9.48. The van der Waals surface area contributed by atoms with Gasteiger partial charge >= 0.3 is 0 Å². The van der Waals surface area contributed by atoms with Crippen LogP contribution in [0.25, 0.3) is 0 Å². The molecular formula is C14H17NO. The van der Waals surface area contributed by atoms with Gasteiger partial charge in [0.2, 0.25) is 0 Å². The van der Waals surface area contributed by atoms with Crippen molar-refractivity contribution < 1.29 is 4.79 Å². The average molecular weight is 215 g/mol. The van der Waals surface area contributed by atoms with Gasteiger partial charge in [0.15, 0.2) is 5.78 Å². The van der Waals surface area contributed by atoms with Crippen molar-refractivity contribution in [3.63, 3.8) is 0 Å². The molecule has 1 fully saturated rings. The van der Waals surface area contributed by atoms with E-state index in [1.165, 1.54) is 24.8 Å². The van der Waals surface area contributed by atoms with Crippen LogP contribution in [0.5, 0.6) is 0 Å². The van der Waals surface area contributed by atoms with E-state index in [1.807, 2.05) is 18.2 Å². The summed E-state index contributed by atoms with van der Waals surface area (Å²) in [4.78, 5) is 14.4. The molecule has 1 atom stereocenters. The summed E-state index contributed by atoms with van der Waals surface area (Å²) in [5.41, 5.74) is 2.22. The highest BCUT2D eigenvalue weighted by Crippen LogP contribution is 2.36. The Morgan fingerprint density at radius 1 is 1.06 bits per heavy atom. The van der Waals surface area contributed by atoms with E-state index in [0.717, 1.165) is 18.7 Å². The number of benzene rings is 1. The number of rotatable bonds is 1. The average Bonchev–Trinajstić information content (AvgIpc) is 2.69. The summed E-state index contributed by atoms with van der Waals surface area (Å²) in [6, 6.07) is 8.48. The molecule has 1 saturated heterocycles. The maximum Gasteiger partial charge on any atom is 0.165 e.